The molecule has 0 spiro atoms. The summed E-state index contributed by atoms with van der Waals surface area (Å²) in [5.74, 6) is -0.644. The average molecular weight is 327 g/mol. The van der Waals surface area contributed by atoms with Crippen LogP contribution in [-0.2, 0) is 10.2 Å². The molecule has 126 valence electrons. The minimum absolute atomic E-state index is 0.130. The van der Waals surface area contributed by atoms with Crippen molar-refractivity contribution in [2.24, 2.45) is 0 Å². The van der Waals surface area contributed by atoms with Crippen LogP contribution in [0.15, 0.2) is 48.5 Å². The Morgan fingerprint density at radius 1 is 1.17 bits per heavy atom. The SMILES string of the molecule is Cc1ccc(C2(CNC(=O)c3cccc(F)c3)CCOCC2)cc1. The van der Waals surface area contributed by atoms with Gasteiger partial charge in [-0.3, -0.25) is 4.79 Å². The van der Waals surface area contributed by atoms with E-state index in [1.54, 1.807) is 12.1 Å². The van der Waals surface area contributed by atoms with E-state index in [4.69, 9.17) is 4.74 Å². The highest BCUT2D eigenvalue weighted by molar-refractivity contribution is 5.94. The van der Waals surface area contributed by atoms with Crippen molar-refractivity contribution in [1.29, 1.82) is 0 Å². The smallest absolute Gasteiger partial charge is 0.251 e. The lowest BCUT2D eigenvalue weighted by molar-refractivity contribution is 0.0487. The highest BCUT2D eigenvalue weighted by Gasteiger charge is 2.34. The van der Waals surface area contributed by atoms with Crippen molar-refractivity contribution in [3.8, 4) is 0 Å². The lowest BCUT2D eigenvalue weighted by Crippen LogP contribution is -2.44. The van der Waals surface area contributed by atoms with Crippen LogP contribution in [-0.4, -0.2) is 25.7 Å². The Morgan fingerprint density at radius 2 is 1.88 bits per heavy atom. The summed E-state index contributed by atoms with van der Waals surface area (Å²) in [4.78, 5) is 12.4. The molecule has 1 aliphatic rings. The number of carbonyl (C=O) groups excluding carboxylic acids is 1. The standard InChI is InChI=1S/C20H22FNO2/c1-15-5-7-17(8-6-15)20(9-11-24-12-10-20)14-22-19(23)16-3-2-4-18(21)13-16/h2-8,13H,9-12,14H2,1H3,(H,22,23). The fraction of sp³-hybridized carbons (Fsp3) is 0.350. The first-order valence-electron chi connectivity index (χ1n) is 8.28. The van der Waals surface area contributed by atoms with Gasteiger partial charge < -0.3 is 10.1 Å². The fourth-order valence-corrected chi connectivity index (χ4v) is 3.22. The molecule has 3 rings (SSSR count). The summed E-state index contributed by atoms with van der Waals surface area (Å²) in [5, 5.41) is 2.99. The van der Waals surface area contributed by atoms with Gasteiger partial charge in [0.15, 0.2) is 0 Å². The highest BCUT2D eigenvalue weighted by Crippen LogP contribution is 2.34. The summed E-state index contributed by atoms with van der Waals surface area (Å²) in [6.45, 7) is 3.95. The Labute approximate surface area is 141 Å². The molecule has 3 nitrogen and oxygen atoms in total. The van der Waals surface area contributed by atoms with E-state index < -0.39 is 5.82 Å². The minimum atomic E-state index is -0.401. The molecule has 24 heavy (non-hydrogen) atoms. The second-order valence-electron chi connectivity index (χ2n) is 6.45. The molecule has 1 saturated heterocycles. The van der Waals surface area contributed by atoms with Crippen molar-refractivity contribution < 1.29 is 13.9 Å². The van der Waals surface area contributed by atoms with Gasteiger partial charge in [0.2, 0.25) is 0 Å². The summed E-state index contributed by atoms with van der Waals surface area (Å²) in [6, 6.07) is 14.2. The molecule has 1 N–H and O–H groups in total. The average Bonchev–Trinajstić information content (AvgIpc) is 2.61. The Morgan fingerprint density at radius 3 is 2.54 bits per heavy atom. The first-order chi connectivity index (χ1) is 11.6. The Hall–Kier alpha value is -2.20. The number of hydrogen-bond acceptors (Lipinski definition) is 2. The van der Waals surface area contributed by atoms with Gasteiger partial charge in [-0.05, 0) is 43.5 Å². The van der Waals surface area contributed by atoms with Crippen LogP contribution in [0.3, 0.4) is 0 Å². The maximum atomic E-state index is 13.3. The number of carbonyl (C=O) groups is 1. The van der Waals surface area contributed by atoms with Crippen LogP contribution in [0.4, 0.5) is 4.39 Å². The number of hydrogen-bond donors (Lipinski definition) is 1. The van der Waals surface area contributed by atoms with Crippen LogP contribution in [0.5, 0.6) is 0 Å². The van der Waals surface area contributed by atoms with Crippen molar-refractivity contribution >= 4 is 5.91 Å². The lowest BCUT2D eigenvalue weighted by atomic mass is 9.74. The van der Waals surface area contributed by atoms with Crippen molar-refractivity contribution in [3.05, 3.63) is 71.0 Å². The zero-order valence-electron chi connectivity index (χ0n) is 13.8. The fourth-order valence-electron chi connectivity index (χ4n) is 3.22. The number of ether oxygens (including phenoxy) is 1. The summed E-state index contributed by atoms with van der Waals surface area (Å²) in [7, 11) is 0. The second-order valence-corrected chi connectivity index (χ2v) is 6.45. The minimum Gasteiger partial charge on any atom is -0.381 e. The molecule has 2 aromatic carbocycles. The van der Waals surface area contributed by atoms with Gasteiger partial charge in [0.05, 0.1) is 0 Å². The maximum absolute atomic E-state index is 13.3. The number of aryl methyl sites for hydroxylation is 1. The number of rotatable bonds is 4. The summed E-state index contributed by atoms with van der Waals surface area (Å²) in [6.07, 6.45) is 1.72. The van der Waals surface area contributed by atoms with Gasteiger partial charge in [-0.1, -0.05) is 35.9 Å². The van der Waals surface area contributed by atoms with Gasteiger partial charge in [0.25, 0.3) is 5.91 Å². The van der Waals surface area contributed by atoms with Crippen LogP contribution in [0.2, 0.25) is 0 Å². The van der Waals surface area contributed by atoms with E-state index in [9.17, 15) is 9.18 Å². The van der Waals surface area contributed by atoms with E-state index in [0.29, 0.717) is 25.3 Å². The first kappa shape index (κ1) is 16.7. The van der Waals surface area contributed by atoms with Crippen LogP contribution in [0.25, 0.3) is 0 Å². The quantitative estimate of drug-likeness (QED) is 0.931. The van der Waals surface area contributed by atoms with E-state index in [-0.39, 0.29) is 11.3 Å². The molecule has 0 aliphatic carbocycles. The van der Waals surface area contributed by atoms with Gasteiger partial charge in [-0.15, -0.1) is 0 Å². The predicted octanol–water partition coefficient (Wildman–Crippen LogP) is 3.61. The first-order valence-corrected chi connectivity index (χ1v) is 8.28. The van der Waals surface area contributed by atoms with Gasteiger partial charge in [0, 0.05) is 30.7 Å². The Bertz CT molecular complexity index is 706. The number of nitrogens with one attached hydrogen (secondary N) is 1. The van der Waals surface area contributed by atoms with Gasteiger partial charge >= 0.3 is 0 Å². The zero-order chi connectivity index (χ0) is 17.0. The lowest BCUT2D eigenvalue weighted by Gasteiger charge is -2.38. The largest absolute Gasteiger partial charge is 0.381 e. The van der Waals surface area contributed by atoms with Gasteiger partial charge in [-0.2, -0.15) is 0 Å². The van der Waals surface area contributed by atoms with Crippen LogP contribution in [0, 0.1) is 12.7 Å². The summed E-state index contributed by atoms with van der Waals surface area (Å²) >= 11 is 0. The normalized spacial score (nSPS) is 16.6. The molecule has 0 aromatic heterocycles. The van der Waals surface area contributed by atoms with Gasteiger partial charge in [0.1, 0.15) is 5.82 Å². The van der Waals surface area contributed by atoms with E-state index in [1.807, 2.05) is 0 Å². The van der Waals surface area contributed by atoms with Crippen molar-refractivity contribution in [3.63, 3.8) is 0 Å². The van der Waals surface area contributed by atoms with E-state index in [1.165, 1.54) is 23.3 Å². The molecule has 1 aliphatic heterocycles. The zero-order valence-corrected chi connectivity index (χ0v) is 13.8. The molecule has 0 radical (unpaired) electrons. The molecule has 0 saturated carbocycles. The highest BCUT2D eigenvalue weighted by atomic mass is 19.1. The number of halogens is 1. The Kier molecular flexibility index (Phi) is 4.95. The molecule has 2 aromatic rings. The monoisotopic (exact) mass is 327 g/mol. The molecular formula is C20H22FNO2. The third-order valence-corrected chi connectivity index (χ3v) is 4.79. The molecule has 0 bridgehead atoms. The third kappa shape index (κ3) is 3.65. The molecule has 4 heteroatoms. The maximum Gasteiger partial charge on any atom is 0.251 e. The van der Waals surface area contributed by atoms with E-state index in [0.717, 1.165) is 12.8 Å². The molecule has 1 amide bonds. The summed E-state index contributed by atoms with van der Waals surface area (Å²) < 4.78 is 18.8. The third-order valence-electron chi connectivity index (χ3n) is 4.79. The van der Waals surface area contributed by atoms with Crippen LogP contribution >= 0.6 is 0 Å². The Balaban J connectivity index is 1.77. The molecule has 0 atom stereocenters. The van der Waals surface area contributed by atoms with E-state index >= 15 is 0 Å². The van der Waals surface area contributed by atoms with E-state index in [2.05, 4.69) is 36.5 Å². The van der Waals surface area contributed by atoms with Gasteiger partial charge in [-0.25, -0.2) is 4.39 Å². The molecule has 0 unspecified atom stereocenters. The van der Waals surface area contributed by atoms with Crippen LogP contribution in [0.1, 0.15) is 34.3 Å². The number of amides is 1. The second kappa shape index (κ2) is 7.14. The molecule has 1 heterocycles. The topological polar surface area (TPSA) is 38.3 Å². The molecule has 1 fully saturated rings. The predicted molar refractivity (Wildman–Crippen MR) is 91.6 cm³/mol. The van der Waals surface area contributed by atoms with Crippen LogP contribution < -0.4 is 5.32 Å². The van der Waals surface area contributed by atoms with Crippen molar-refractivity contribution in [1.82, 2.24) is 5.32 Å². The molecular weight excluding hydrogens is 305 g/mol. The number of benzene rings is 2. The summed E-state index contributed by atoms with van der Waals surface area (Å²) in [5.41, 5.74) is 2.65. The van der Waals surface area contributed by atoms with Crippen molar-refractivity contribution in [2.75, 3.05) is 19.8 Å². The van der Waals surface area contributed by atoms with Crippen molar-refractivity contribution in [2.45, 2.75) is 25.2 Å².